The lowest BCUT2D eigenvalue weighted by atomic mass is 10.2. The van der Waals surface area contributed by atoms with Gasteiger partial charge >= 0.3 is 0 Å². The molecule has 1 saturated heterocycles. The number of amidine groups is 1. The van der Waals surface area contributed by atoms with Gasteiger partial charge in [0.25, 0.3) is 0 Å². The van der Waals surface area contributed by atoms with Crippen molar-refractivity contribution >= 4 is 11.5 Å². The van der Waals surface area contributed by atoms with Gasteiger partial charge in [-0.2, -0.15) is 5.26 Å². The summed E-state index contributed by atoms with van der Waals surface area (Å²) in [6, 6.07) is 10.0. The van der Waals surface area contributed by atoms with Crippen molar-refractivity contribution in [3.05, 3.63) is 24.3 Å². The van der Waals surface area contributed by atoms with Crippen LogP contribution in [-0.2, 0) is 0 Å². The predicted octanol–water partition coefficient (Wildman–Crippen LogP) is 1.71. The molecular weight excluding hydrogens is 240 g/mol. The molecule has 1 aliphatic rings. The number of hydrogen-bond acceptors (Lipinski definition) is 4. The highest BCUT2D eigenvalue weighted by Gasteiger charge is 2.18. The second-order valence-electron chi connectivity index (χ2n) is 4.45. The van der Waals surface area contributed by atoms with E-state index in [1.807, 2.05) is 23.1 Å². The van der Waals surface area contributed by atoms with Crippen LogP contribution in [0.15, 0.2) is 24.3 Å². The topological polar surface area (TPSA) is 63.4 Å². The van der Waals surface area contributed by atoms with Gasteiger partial charge < -0.3 is 14.5 Å². The minimum atomic E-state index is 0.197. The van der Waals surface area contributed by atoms with Crippen LogP contribution in [0.2, 0.25) is 0 Å². The van der Waals surface area contributed by atoms with Gasteiger partial charge in [-0.3, -0.25) is 5.41 Å². The average molecular weight is 258 g/mol. The number of benzene rings is 1. The van der Waals surface area contributed by atoms with E-state index >= 15 is 0 Å². The molecule has 0 aliphatic carbocycles. The first-order valence-corrected chi connectivity index (χ1v) is 6.33. The van der Waals surface area contributed by atoms with Gasteiger partial charge in [0.05, 0.1) is 19.6 Å². The number of ether oxygens (including phenoxy) is 1. The number of hydrogen-bond donors (Lipinski definition) is 1. The zero-order chi connectivity index (χ0) is 13.7. The standard InChI is InChI=1S/C14H18N4O/c1-19-13-4-2-12(3-5-13)17-8-10-18(11-9-17)14(16)6-7-15/h2-5,16H,6,8-11H2,1H3. The summed E-state index contributed by atoms with van der Waals surface area (Å²) >= 11 is 0. The molecule has 1 aromatic carbocycles. The molecule has 0 bridgehead atoms. The summed E-state index contributed by atoms with van der Waals surface area (Å²) in [5.41, 5.74) is 1.17. The Morgan fingerprint density at radius 3 is 2.42 bits per heavy atom. The summed E-state index contributed by atoms with van der Waals surface area (Å²) in [7, 11) is 1.66. The van der Waals surface area contributed by atoms with Crippen LogP contribution in [0.4, 0.5) is 5.69 Å². The summed E-state index contributed by atoms with van der Waals surface area (Å²) in [5, 5.41) is 16.4. The highest BCUT2D eigenvalue weighted by Crippen LogP contribution is 2.20. The van der Waals surface area contributed by atoms with Crippen LogP contribution >= 0.6 is 0 Å². The van der Waals surface area contributed by atoms with E-state index in [0.29, 0.717) is 5.84 Å². The molecule has 2 rings (SSSR count). The summed E-state index contributed by atoms with van der Waals surface area (Å²) in [5.74, 6) is 1.29. The van der Waals surface area contributed by atoms with Crippen LogP contribution in [-0.4, -0.2) is 44.0 Å². The Bertz CT molecular complexity index is 469. The van der Waals surface area contributed by atoms with Gasteiger partial charge in [-0.1, -0.05) is 0 Å². The first-order valence-electron chi connectivity index (χ1n) is 6.33. The van der Waals surface area contributed by atoms with E-state index < -0.39 is 0 Å². The van der Waals surface area contributed by atoms with Gasteiger partial charge in [-0.05, 0) is 24.3 Å². The molecule has 1 fully saturated rings. The first kappa shape index (κ1) is 13.2. The van der Waals surface area contributed by atoms with E-state index in [9.17, 15) is 0 Å². The zero-order valence-electron chi connectivity index (χ0n) is 11.1. The van der Waals surface area contributed by atoms with Gasteiger partial charge in [0.2, 0.25) is 0 Å². The Labute approximate surface area is 113 Å². The fraction of sp³-hybridized carbons (Fsp3) is 0.429. The average Bonchev–Trinajstić information content (AvgIpc) is 2.48. The van der Waals surface area contributed by atoms with Gasteiger partial charge in [-0.25, -0.2) is 0 Å². The van der Waals surface area contributed by atoms with Crippen molar-refractivity contribution in [2.75, 3.05) is 38.2 Å². The lowest BCUT2D eigenvalue weighted by Gasteiger charge is -2.37. The molecular formula is C14H18N4O. The predicted molar refractivity (Wildman–Crippen MR) is 74.7 cm³/mol. The number of piperazine rings is 1. The number of methoxy groups -OCH3 is 1. The first-order chi connectivity index (χ1) is 9.24. The highest BCUT2D eigenvalue weighted by molar-refractivity contribution is 5.81. The minimum absolute atomic E-state index is 0.197. The summed E-state index contributed by atoms with van der Waals surface area (Å²) in [4.78, 5) is 4.26. The highest BCUT2D eigenvalue weighted by atomic mass is 16.5. The van der Waals surface area contributed by atoms with Gasteiger partial charge in [-0.15, -0.1) is 0 Å². The molecule has 1 N–H and O–H groups in total. The van der Waals surface area contributed by atoms with Crippen LogP contribution in [0.1, 0.15) is 6.42 Å². The fourth-order valence-corrected chi connectivity index (χ4v) is 2.21. The van der Waals surface area contributed by atoms with Crippen molar-refractivity contribution < 1.29 is 4.74 Å². The maximum absolute atomic E-state index is 8.61. The van der Waals surface area contributed by atoms with Crippen molar-refractivity contribution in [3.63, 3.8) is 0 Å². The van der Waals surface area contributed by atoms with Crippen molar-refractivity contribution in [2.45, 2.75) is 6.42 Å². The lowest BCUT2D eigenvalue weighted by molar-refractivity contribution is 0.379. The Kier molecular flexibility index (Phi) is 4.24. The van der Waals surface area contributed by atoms with E-state index in [1.54, 1.807) is 7.11 Å². The normalized spacial score (nSPS) is 14.9. The second-order valence-corrected chi connectivity index (χ2v) is 4.45. The largest absolute Gasteiger partial charge is 0.497 e. The molecule has 0 atom stereocenters. The molecule has 5 nitrogen and oxygen atoms in total. The van der Waals surface area contributed by atoms with Crippen LogP contribution in [0.5, 0.6) is 5.75 Å². The Hall–Kier alpha value is -2.22. The third-order valence-electron chi connectivity index (χ3n) is 3.35. The number of nitrogens with one attached hydrogen (secondary N) is 1. The number of rotatable bonds is 3. The van der Waals surface area contributed by atoms with E-state index in [0.717, 1.165) is 31.9 Å². The SMILES string of the molecule is COc1ccc(N2CCN(C(=N)CC#N)CC2)cc1. The molecule has 100 valence electrons. The molecule has 0 saturated carbocycles. The molecule has 0 spiro atoms. The summed E-state index contributed by atoms with van der Waals surface area (Å²) < 4.78 is 5.15. The molecule has 0 aromatic heterocycles. The summed E-state index contributed by atoms with van der Waals surface area (Å²) in [6.07, 6.45) is 0.197. The molecule has 1 aliphatic heterocycles. The van der Waals surface area contributed by atoms with Gasteiger partial charge in [0.1, 0.15) is 11.6 Å². The van der Waals surface area contributed by atoms with Crippen LogP contribution in [0.3, 0.4) is 0 Å². The van der Waals surface area contributed by atoms with Crippen molar-refractivity contribution in [3.8, 4) is 11.8 Å². The molecule has 0 unspecified atom stereocenters. The van der Waals surface area contributed by atoms with Crippen LogP contribution in [0, 0.1) is 16.7 Å². The zero-order valence-corrected chi connectivity index (χ0v) is 11.1. The van der Waals surface area contributed by atoms with E-state index in [2.05, 4.69) is 17.0 Å². The molecule has 5 heteroatoms. The third kappa shape index (κ3) is 3.16. The smallest absolute Gasteiger partial charge is 0.119 e. The van der Waals surface area contributed by atoms with Gasteiger partial charge in [0, 0.05) is 31.9 Å². The summed E-state index contributed by atoms with van der Waals surface area (Å²) in [6.45, 7) is 3.35. The van der Waals surface area contributed by atoms with Crippen LogP contribution < -0.4 is 9.64 Å². The second kappa shape index (κ2) is 6.10. The van der Waals surface area contributed by atoms with Crippen molar-refractivity contribution in [1.82, 2.24) is 4.90 Å². The Balaban J connectivity index is 1.92. The van der Waals surface area contributed by atoms with Crippen molar-refractivity contribution in [2.24, 2.45) is 0 Å². The molecule has 1 aromatic rings. The fourth-order valence-electron chi connectivity index (χ4n) is 2.21. The monoisotopic (exact) mass is 258 g/mol. The Morgan fingerprint density at radius 2 is 1.89 bits per heavy atom. The molecule has 19 heavy (non-hydrogen) atoms. The maximum atomic E-state index is 8.61. The number of nitrogens with zero attached hydrogens (tertiary/aromatic N) is 3. The maximum Gasteiger partial charge on any atom is 0.119 e. The molecule has 0 radical (unpaired) electrons. The molecule has 0 amide bonds. The third-order valence-corrected chi connectivity index (χ3v) is 3.35. The minimum Gasteiger partial charge on any atom is -0.497 e. The molecule has 1 heterocycles. The quantitative estimate of drug-likeness (QED) is 0.662. The van der Waals surface area contributed by atoms with E-state index in [-0.39, 0.29) is 6.42 Å². The Morgan fingerprint density at radius 1 is 1.26 bits per heavy atom. The lowest BCUT2D eigenvalue weighted by Crippen LogP contribution is -2.48. The number of anilines is 1. The number of nitriles is 1. The van der Waals surface area contributed by atoms with Crippen LogP contribution in [0.25, 0.3) is 0 Å². The van der Waals surface area contributed by atoms with E-state index in [4.69, 9.17) is 15.4 Å². The van der Waals surface area contributed by atoms with E-state index in [1.165, 1.54) is 5.69 Å². The van der Waals surface area contributed by atoms with Gasteiger partial charge in [0.15, 0.2) is 0 Å². The van der Waals surface area contributed by atoms with Crippen molar-refractivity contribution in [1.29, 1.82) is 10.7 Å².